The van der Waals surface area contributed by atoms with Crippen molar-refractivity contribution in [2.45, 2.75) is 9.79 Å². The minimum absolute atomic E-state index is 0.620. The summed E-state index contributed by atoms with van der Waals surface area (Å²) in [5, 5.41) is 0. The molecule has 1 N–H and O–H groups in total. The summed E-state index contributed by atoms with van der Waals surface area (Å²) >= 11 is 0. The molecule has 3 aromatic rings. The van der Waals surface area contributed by atoms with Gasteiger partial charge in [-0.15, -0.1) is 0 Å². The van der Waals surface area contributed by atoms with Crippen molar-refractivity contribution in [3.63, 3.8) is 0 Å². The number of nitrogens with zero attached hydrogens (tertiary/aromatic N) is 2. The summed E-state index contributed by atoms with van der Waals surface area (Å²) in [5.74, 6) is 0.636. The van der Waals surface area contributed by atoms with E-state index in [-0.39, 0.29) is 0 Å². The van der Waals surface area contributed by atoms with Gasteiger partial charge in [0.25, 0.3) is 0 Å². The molecule has 2 atom stereocenters. The highest BCUT2D eigenvalue weighted by Crippen LogP contribution is 2.27. The first-order valence-corrected chi connectivity index (χ1v) is 9.29. The van der Waals surface area contributed by atoms with Gasteiger partial charge in [0.2, 0.25) is 0 Å². The van der Waals surface area contributed by atoms with Crippen molar-refractivity contribution < 1.29 is 8.42 Å². The molecular formula is C14H13N3O2S2. The number of benzene rings is 1. The molecule has 108 valence electrons. The van der Waals surface area contributed by atoms with E-state index in [0.717, 1.165) is 16.6 Å². The largest absolute Gasteiger partial charge is 0.337 e. The van der Waals surface area contributed by atoms with Gasteiger partial charge in [0.15, 0.2) is 0 Å². The Hall–Kier alpha value is -1.86. The smallest absolute Gasteiger partial charge is 0.139 e. The molecule has 2 heterocycles. The molecule has 0 aliphatic heterocycles. The fourth-order valence-corrected chi connectivity index (χ4v) is 3.48. The Balaban J connectivity index is 2.21. The van der Waals surface area contributed by atoms with E-state index in [1.165, 1.54) is 0 Å². The fraction of sp³-hybridized carbons (Fsp3) is 0.143. The molecule has 0 fully saturated rings. The maximum Gasteiger partial charge on any atom is 0.139 e. The maximum absolute atomic E-state index is 12.0. The van der Waals surface area contributed by atoms with E-state index >= 15 is 0 Å². The van der Waals surface area contributed by atoms with Gasteiger partial charge in [0.1, 0.15) is 5.82 Å². The highest BCUT2D eigenvalue weighted by molar-refractivity contribution is 7.85. The number of aromatic amines is 1. The minimum Gasteiger partial charge on any atom is -0.337 e. The highest BCUT2D eigenvalue weighted by atomic mass is 32.2. The summed E-state index contributed by atoms with van der Waals surface area (Å²) < 4.78 is 23.6. The van der Waals surface area contributed by atoms with Crippen molar-refractivity contribution in [3.8, 4) is 11.4 Å². The SMILES string of the molecule is CS(=O)c1ccc(-c2nc3ccncc3[nH]2)c(S(C)=O)c1. The van der Waals surface area contributed by atoms with Crippen molar-refractivity contribution in [3.05, 3.63) is 36.7 Å². The van der Waals surface area contributed by atoms with Gasteiger partial charge >= 0.3 is 0 Å². The summed E-state index contributed by atoms with van der Waals surface area (Å²) in [6.07, 6.45) is 6.58. The molecule has 5 nitrogen and oxygen atoms in total. The quantitative estimate of drug-likeness (QED) is 0.802. The van der Waals surface area contributed by atoms with E-state index in [4.69, 9.17) is 0 Å². The van der Waals surface area contributed by atoms with E-state index in [0.29, 0.717) is 15.6 Å². The molecular weight excluding hydrogens is 306 g/mol. The standard InChI is InChI=1S/C14H13N3O2S2/c1-20(18)9-3-4-10(13(7-9)21(2)19)14-16-11-5-6-15-8-12(11)17-14/h3-8H,1-2H3,(H,16,17). The van der Waals surface area contributed by atoms with Gasteiger partial charge in [-0.2, -0.15) is 0 Å². The number of pyridine rings is 1. The molecule has 21 heavy (non-hydrogen) atoms. The summed E-state index contributed by atoms with van der Waals surface area (Å²) in [6.45, 7) is 0. The Morgan fingerprint density at radius 1 is 1.10 bits per heavy atom. The van der Waals surface area contributed by atoms with Crippen LogP contribution in [0.25, 0.3) is 22.4 Å². The van der Waals surface area contributed by atoms with Crippen LogP contribution in [0.3, 0.4) is 0 Å². The van der Waals surface area contributed by atoms with Crippen LogP contribution in [0, 0.1) is 0 Å². The zero-order chi connectivity index (χ0) is 15.0. The molecule has 0 saturated heterocycles. The molecule has 0 bridgehead atoms. The van der Waals surface area contributed by atoms with Crippen LogP contribution in [-0.2, 0) is 21.6 Å². The number of fused-ring (bicyclic) bond motifs is 1. The summed E-state index contributed by atoms with van der Waals surface area (Å²) in [7, 11) is -2.31. The van der Waals surface area contributed by atoms with Crippen molar-refractivity contribution in [2.75, 3.05) is 12.5 Å². The summed E-state index contributed by atoms with van der Waals surface area (Å²) in [4.78, 5) is 13.0. The number of imidazole rings is 1. The van der Waals surface area contributed by atoms with Crippen LogP contribution in [0.1, 0.15) is 0 Å². The average molecular weight is 319 g/mol. The van der Waals surface area contributed by atoms with Crippen LogP contribution < -0.4 is 0 Å². The first-order chi connectivity index (χ1) is 10.1. The Bertz CT molecular complexity index is 841. The normalized spacial score (nSPS) is 14.2. The lowest BCUT2D eigenvalue weighted by Gasteiger charge is -2.06. The first-order valence-electron chi connectivity index (χ1n) is 6.17. The molecule has 1 aromatic carbocycles. The van der Waals surface area contributed by atoms with Crippen LogP contribution in [0.2, 0.25) is 0 Å². The number of hydrogen-bond acceptors (Lipinski definition) is 4. The van der Waals surface area contributed by atoms with Gasteiger partial charge in [-0.3, -0.25) is 13.4 Å². The molecule has 0 radical (unpaired) electrons. The van der Waals surface area contributed by atoms with Crippen molar-refractivity contribution in [1.82, 2.24) is 15.0 Å². The zero-order valence-electron chi connectivity index (χ0n) is 11.5. The Kier molecular flexibility index (Phi) is 3.69. The van der Waals surface area contributed by atoms with Crippen molar-refractivity contribution in [1.29, 1.82) is 0 Å². The van der Waals surface area contributed by atoms with E-state index in [2.05, 4.69) is 15.0 Å². The van der Waals surface area contributed by atoms with E-state index in [9.17, 15) is 8.42 Å². The molecule has 7 heteroatoms. The lowest BCUT2D eigenvalue weighted by molar-refractivity contribution is 0.685. The lowest BCUT2D eigenvalue weighted by atomic mass is 10.2. The van der Waals surface area contributed by atoms with E-state index in [1.54, 1.807) is 43.1 Å². The minimum atomic E-state index is -1.20. The average Bonchev–Trinajstić information content (AvgIpc) is 2.90. The monoisotopic (exact) mass is 319 g/mol. The van der Waals surface area contributed by atoms with Crippen LogP contribution in [0.5, 0.6) is 0 Å². The second kappa shape index (κ2) is 5.50. The predicted octanol–water partition coefficient (Wildman–Crippen LogP) is 2.10. The number of aromatic nitrogens is 3. The second-order valence-electron chi connectivity index (χ2n) is 4.54. The Morgan fingerprint density at radius 3 is 2.57 bits per heavy atom. The number of hydrogen-bond donors (Lipinski definition) is 1. The molecule has 2 unspecified atom stereocenters. The van der Waals surface area contributed by atoms with Crippen molar-refractivity contribution in [2.24, 2.45) is 0 Å². The van der Waals surface area contributed by atoms with Crippen LogP contribution >= 0.6 is 0 Å². The molecule has 0 amide bonds. The van der Waals surface area contributed by atoms with Crippen LogP contribution in [0.15, 0.2) is 46.5 Å². The number of rotatable bonds is 3. The third-order valence-corrected chi connectivity index (χ3v) is 5.01. The number of nitrogens with one attached hydrogen (secondary N) is 1. The Morgan fingerprint density at radius 2 is 1.90 bits per heavy atom. The molecule has 0 aliphatic carbocycles. The third-order valence-electron chi connectivity index (χ3n) is 3.13. The van der Waals surface area contributed by atoms with Gasteiger partial charge < -0.3 is 4.98 Å². The van der Waals surface area contributed by atoms with Gasteiger partial charge in [0.05, 0.1) is 32.9 Å². The predicted molar refractivity (Wildman–Crippen MR) is 84.0 cm³/mol. The summed E-state index contributed by atoms with van der Waals surface area (Å²) in [5.41, 5.74) is 2.38. The Labute approximate surface area is 126 Å². The first kappa shape index (κ1) is 14.1. The number of H-pyrrole nitrogens is 1. The van der Waals surface area contributed by atoms with E-state index in [1.807, 2.05) is 6.07 Å². The molecule has 0 aliphatic rings. The molecule has 0 spiro atoms. The van der Waals surface area contributed by atoms with Gasteiger partial charge in [0, 0.05) is 40.0 Å². The molecule has 0 saturated carbocycles. The lowest BCUT2D eigenvalue weighted by Crippen LogP contribution is -1.97. The van der Waals surface area contributed by atoms with Gasteiger partial charge in [-0.25, -0.2) is 4.98 Å². The topological polar surface area (TPSA) is 75.7 Å². The molecule has 3 rings (SSSR count). The van der Waals surface area contributed by atoms with Gasteiger partial charge in [-0.1, -0.05) is 0 Å². The van der Waals surface area contributed by atoms with E-state index < -0.39 is 21.6 Å². The highest BCUT2D eigenvalue weighted by Gasteiger charge is 2.14. The molecule has 2 aromatic heterocycles. The van der Waals surface area contributed by atoms with Crippen LogP contribution in [0.4, 0.5) is 0 Å². The van der Waals surface area contributed by atoms with Crippen LogP contribution in [-0.4, -0.2) is 35.9 Å². The fourth-order valence-electron chi connectivity index (χ4n) is 2.10. The second-order valence-corrected chi connectivity index (χ2v) is 7.27. The van der Waals surface area contributed by atoms with Gasteiger partial charge in [-0.05, 0) is 24.3 Å². The van der Waals surface area contributed by atoms with Crippen molar-refractivity contribution >= 4 is 32.6 Å². The maximum atomic E-state index is 12.0. The third kappa shape index (κ3) is 2.66. The summed E-state index contributed by atoms with van der Waals surface area (Å²) in [6, 6.07) is 7.10. The zero-order valence-corrected chi connectivity index (χ0v) is 13.1.